The number of nitrogens with zero attached hydrogens (tertiary/aromatic N) is 3. The minimum atomic E-state index is 0.552. The zero-order chi connectivity index (χ0) is 19.5. The molecule has 0 bridgehead atoms. The number of hydrogen-bond donors (Lipinski definition) is 1. The number of ether oxygens (including phenoxy) is 3. The lowest BCUT2D eigenvalue weighted by molar-refractivity contribution is 0.324. The molecule has 7 nitrogen and oxygen atoms in total. The minimum absolute atomic E-state index is 0.552. The summed E-state index contributed by atoms with van der Waals surface area (Å²) in [6.07, 6.45) is 3.56. The van der Waals surface area contributed by atoms with Gasteiger partial charge in [-0.3, -0.25) is 0 Å². The molecular weight excluding hydrogens is 376 g/mol. The number of benzene rings is 1. The van der Waals surface area contributed by atoms with Crippen LogP contribution in [-0.2, 0) is 6.54 Å². The fourth-order valence-electron chi connectivity index (χ4n) is 3.06. The Kier molecular flexibility index (Phi) is 5.03. The normalized spacial score (nSPS) is 10.8. The molecule has 0 saturated heterocycles. The van der Waals surface area contributed by atoms with Gasteiger partial charge in [0.1, 0.15) is 5.82 Å². The summed E-state index contributed by atoms with van der Waals surface area (Å²) in [4.78, 5) is 5.78. The third-order valence-electron chi connectivity index (χ3n) is 4.40. The van der Waals surface area contributed by atoms with E-state index in [0.29, 0.717) is 17.2 Å². The van der Waals surface area contributed by atoms with E-state index in [2.05, 4.69) is 26.8 Å². The first-order chi connectivity index (χ1) is 13.7. The summed E-state index contributed by atoms with van der Waals surface area (Å²) in [6.45, 7) is 0.732. The minimum Gasteiger partial charge on any atom is -0.493 e. The Balaban J connectivity index is 1.75. The van der Waals surface area contributed by atoms with Crippen LogP contribution >= 0.6 is 11.3 Å². The van der Waals surface area contributed by atoms with Crippen molar-refractivity contribution >= 4 is 22.8 Å². The van der Waals surface area contributed by atoms with Crippen LogP contribution in [0.4, 0.5) is 5.82 Å². The number of hydrogen-bond acceptors (Lipinski definition) is 7. The monoisotopic (exact) mass is 396 g/mol. The van der Waals surface area contributed by atoms with E-state index < -0.39 is 0 Å². The van der Waals surface area contributed by atoms with E-state index in [1.807, 2.05) is 24.3 Å². The van der Waals surface area contributed by atoms with Crippen LogP contribution in [0.3, 0.4) is 0 Å². The number of methoxy groups -OCH3 is 3. The molecule has 0 aliphatic rings. The van der Waals surface area contributed by atoms with Gasteiger partial charge in [0, 0.05) is 16.6 Å². The van der Waals surface area contributed by atoms with Crippen molar-refractivity contribution in [3.63, 3.8) is 0 Å². The second kappa shape index (κ2) is 7.77. The lowest BCUT2D eigenvalue weighted by Gasteiger charge is -2.13. The topological polar surface area (TPSA) is 69.9 Å². The smallest absolute Gasteiger partial charge is 0.203 e. The highest BCUT2D eigenvalue weighted by Crippen LogP contribution is 2.41. The standard InChI is InChI=1S/C20H20N4O3S/c1-25-16-9-13(10-17(26-2)19(16)27-3)15-12-23-24-18(6-7-21-20(15)24)22-11-14-5-4-8-28-14/h4-10,12,22H,11H2,1-3H3. The first-order valence-corrected chi connectivity index (χ1v) is 9.52. The van der Waals surface area contributed by atoms with Gasteiger partial charge in [0.05, 0.1) is 34.1 Å². The molecule has 0 saturated carbocycles. The number of nitrogens with one attached hydrogen (secondary N) is 1. The molecule has 1 N–H and O–H groups in total. The maximum absolute atomic E-state index is 5.47. The molecule has 1 aromatic carbocycles. The van der Waals surface area contributed by atoms with E-state index in [1.165, 1.54) is 4.88 Å². The van der Waals surface area contributed by atoms with Gasteiger partial charge in [-0.05, 0) is 35.2 Å². The van der Waals surface area contributed by atoms with Gasteiger partial charge in [-0.15, -0.1) is 11.3 Å². The SMILES string of the molecule is COc1cc(-c2cnn3c(NCc4cccs4)ccnc23)cc(OC)c1OC. The predicted octanol–water partition coefficient (Wildman–Crippen LogP) is 4.10. The lowest BCUT2D eigenvalue weighted by atomic mass is 10.1. The number of fused-ring (bicyclic) bond motifs is 1. The fourth-order valence-corrected chi connectivity index (χ4v) is 3.70. The molecule has 144 valence electrons. The first-order valence-electron chi connectivity index (χ1n) is 8.64. The van der Waals surface area contributed by atoms with E-state index in [-0.39, 0.29) is 0 Å². The number of thiophene rings is 1. The van der Waals surface area contributed by atoms with Gasteiger partial charge in [-0.2, -0.15) is 9.61 Å². The van der Waals surface area contributed by atoms with Crippen LogP contribution in [0, 0.1) is 0 Å². The highest BCUT2D eigenvalue weighted by atomic mass is 32.1. The molecule has 8 heteroatoms. The summed E-state index contributed by atoms with van der Waals surface area (Å²) in [5.41, 5.74) is 2.50. The van der Waals surface area contributed by atoms with E-state index in [4.69, 9.17) is 14.2 Å². The summed E-state index contributed by atoms with van der Waals surface area (Å²) in [6, 6.07) is 9.84. The van der Waals surface area contributed by atoms with Gasteiger partial charge in [0.2, 0.25) is 5.75 Å². The van der Waals surface area contributed by atoms with E-state index in [1.54, 1.807) is 49.6 Å². The van der Waals surface area contributed by atoms with Gasteiger partial charge >= 0.3 is 0 Å². The Hall–Kier alpha value is -3.26. The summed E-state index contributed by atoms with van der Waals surface area (Å²) in [5.74, 6) is 2.60. The quantitative estimate of drug-likeness (QED) is 0.507. The van der Waals surface area contributed by atoms with Crippen LogP contribution in [0.5, 0.6) is 17.2 Å². The van der Waals surface area contributed by atoms with E-state index in [9.17, 15) is 0 Å². The molecule has 0 atom stereocenters. The predicted molar refractivity (Wildman–Crippen MR) is 110 cm³/mol. The van der Waals surface area contributed by atoms with Crippen LogP contribution in [0.1, 0.15) is 4.88 Å². The molecule has 0 fully saturated rings. The van der Waals surface area contributed by atoms with Gasteiger partial charge in [0.15, 0.2) is 17.1 Å². The zero-order valence-electron chi connectivity index (χ0n) is 15.8. The van der Waals surface area contributed by atoms with Crippen LogP contribution in [-0.4, -0.2) is 35.9 Å². The van der Waals surface area contributed by atoms with Crippen molar-refractivity contribution < 1.29 is 14.2 Å². The second-order valence-electron chi connectivity index (χ2n) is 5.97. The third-order valence-corrected chi connectivity index (χ3v) is 5.28. The first kappa shape index (κ1) is 18.1. The van der Waals surface area contributed by atoms with Crippen LogP contribution in [0.2, 0.25) is 0 Å². The van der Waals surface area contributed by atoms with Gasteiger partial charge in [0.25, 0.3) is 0 Å². The van der Waals surface area contributed by atoms with Crippen molar-refractivity contribution in [3.05, 3.63) is 53.0 Å². The molecule has 0 radical (unpaired) electrons. The van der Waals surface area contributed by atoms with Crippen LogP contribution in [0.15, 0.2) is 48.1 Å². The van der Waals surface area contributed by atoms with Crippen LogP contribution < -0.4 is 19.5 Å². The maximum atomic E-state index is 5.47. The molecule has 0 amide bonds. The van der Waals surface area contributed by atoms with Crippen molar-refractivity contribution in [3.8, 4) is 28.4 Å². The maximum Gasteiger partial charge on any atom is 0.203 e. The van der Waals surface area contributed by atoms with Crippen LogP contribution in [0.25, 0.3) is 16.8 Å². The van der Waals surface area contributed by atoms with Crippen molar-refractivity contribution in [1.82, 2.24) is 14.6 Å². The summed E-state index contributed by atoms with van der Waals surface area (Å²) in [5, 5.41) is 10.0. The zero-order valence-corrected chi connectivity index (χ0v) is 16.6. The lowest BCUT2D eigenvalue weighted by Crippen LogP contribution is -2.04. The molecule has 0 aliphatic carbocycles. The molecule has 3 heterocycles. The second-order valence-corrected chi connectivity index (χ2v) is 7.00. The molecule has 0 spiro atoms. The summed E-state index contributed by atoms with van der Waals surface area (Å²) < 4.78 is 18.1. The van der Waals surface area contributed by atoms with Gasteiger partial charge in [-0.25, -0.2) is 4.98 Å². The largest absolute Gasteiger partial charge is 0.493 e. The average molecular weight is 396 g/mol. The average Bonchev–Trinajstić information content (AvgIpc) is 3.41. The molecule has 4 rings (SSSR count). The Labute approximate surface area is 166 Å². The number of rotatable bonds is 7. The Morgan fingerprint density at radius 3 is 2.50 bits per heavy atom. The number of aromatic nitrogens is 3. The summed E-state index contributed by atoms with van der Waals surface area (Å²) in [7, 11) is 4.78. The highest BCUT2D eigenvalue weighted by Gasteiger charge is 2.17. The Morgan fingerprint density at radius 1 is 1.07 bits per heavy atom. The fraction of sp³-hybridized carbons (Fsp3) is 0.200. The molecule has 4 aromatic rings. The van der Waals surface area contributed by atoms with E-state index >= 15 is 0 Å². The number of anilines is 1. The highest BCUT2D eigenvalue weighted by molar-refractivity contribution is 7.09. The Morgan fingerprint density at radius 2 is 1.86 bits per heavy atom. The third kappa shape index (κ3) is 3.22. The van der Waals surface area contributed by atoms with Gasteiger partial charge in [-0.1, -0.05) is 6.07 Å². The van der Waals surface area contributed by atoms with Gasteiger partial charge < -0.3 is 19.5 Å². The van der Waals surface area contributed by atoms with Crippen molar-refractivity contribution in [2.75, 3.05) is 26.6 Å². The van der Waals surface area contributed by atoms with Crippen molar-refractivity contribution in [2.24, 2.45) is 0 Å². The summed E-state index contributed by atoms with van der Waals surface area (Å²) >= 11 is 1.71. The molecular formula is C20H20N4O3S. The molecule has 0 unspecified atom stereocenters. The molecule has 3 aromatic heterocycles. The van der Waals surface area contributed by atoms with Crippen molar-refractivity contribution in [2.45, 2.75) is 6.54 Å². The van der Waals surface area contributed by atoms with E-state index in [0.717, 1.165) is 29.1 Å². The molecule has 28 heavy (non-hydrogen) atoms. The van der Waals surface area contributed by atoms with Crippen molar-refractivity contribution in [1.29, 1.82) is 0 Å². The molecule has 0 aliphatic heterocycles. The Bertz CT molecular complexity index is 1070.